The Hall–Kier alpha value is -3.40. The summed E-state index contributed by atoms with van der Waals surface area (Å²) in [5.74, 6) is 0.576. The highest BCUT2D eigenvalue weighted by Crippen LogP contribution is 2.16. The number of anilines is 1. The van der Waals surface area contributed by atoms with Gasteiger partial charge in [-0.1, -0.05) is 42.5 Å². The van der Waals surface area contributed by atoms with E-state index in [-0.39, 0.29) is 5.91 Å². The molecule has 3 aromatic rings. The van der Waals surface area contributed by atoms with Crippen molar-refractivity contribution in [2.45, 2.75) is 13.5 Å². The molecule has 1 heterocycles. The Morgan fingerprint density at radius 3 is 2.73 bits per heavy atom. The number of aromatic nitrogens is 1. The topological polar surface area (TPSA) is 51.2 Å². The molecule has 0 saturated carbocycles. The molecule has 26 heavy (non-hydrogen) atoms. The molecule has 4 nitrogen and oxygen atoms in total. The lowest BCUT2D eigenvalue weighted by Crippen LogP contribution is -2.07. The Kier molecular flexibility index (Phi) is 5.78. The Bertz CT molecular complexity index is 905. The fourth-order valence-corrected chi connectivity index (χ4v) is 2.43. The molecule has 0 bridgehead atoms. The molecule has 1 N–H and O–H groups in total. The van der Waals surface area contributed by atoms with E-state index in [1.54, 1.807) is 18.3 Å². The second-order valence-electron chi connectivity index (χ2n) is 5.86. The van der Waals surface area contributed by atoms with Gasteiger partial charge in [-0.25, -0.2) is 0 Å². The summed E-state index contributed by atoms with van der Waals surface area (Å²) in [6, 6.07) is 21.2. The zero-order chi connectivity index (χ0) is 18.2. The lowest BCUT2D eigenvalue weighted by molar-refractivity contribution is -0.111. The molecular weight excluding hydrogens is 324 g/mol. The van der Waals surface area contributed by atoms with Gasteiger partial charge in [0.25, 0.3) is 0 Å². The van der Waals surface area contributed by atoms with Crippen LogP contribution in [0.1, 0.15) is 16.8 Å². The van der Waals surface area contributed by atoms with E-state index in [4.69, 9.17) is 4.74 Å². The fraction of sp³-hybridized carbons (Fsp3) is 0.0909. The van der Waals surface area contributed by atoms with Crippen molar-refractivity contribution in [1.29, 1.82) is 0 Å². The number of amides is 1. The van der Waals surface area contributed by atoms with Crippen LogP contribution in [0.4, 0.5) is 5.69 Å². The number of benzene rings is 2. The van der Waals surface area contributed by atoms with Crippen LogP contribution in [-0.2, 0) is 11.4 Å². The molecule has 0 atom stereocenters. The maximum Gasteiger partial charge on any atom is 0.248 e. The standard InChI is InChI=1S/C22H20N2O2/c1-17-14-20(12-13-23-17)24-22(25)11-10-18-8-5-9-21(15-18)26-16-19-6-3-2-4-7-19/h2-15H,16H2,1H3,(H,23,24,25)/b11-10+. The molecule has 0 aliphatic heterocycles. The van der Waals surface area contributed by atoms with Crippen molar-refractivity contribution in [1.82, 2.24) is 4.98 Å². The first-order valence-electron chi connectivity index (χ1n) is 8.37. The van der Waals surface area contributed by atoms with E-state index in [9.17, 15) is 4.79 Å². The largest absolute Gasteiger partial charge is 0.489 e. The van der Waals surface area contributed by atoms with Crippen molar-refractivity contribution in [2.75, 3.05) is 5.32 Å². The van der Waals surface area contributed by atoms with Crippen LogP contribution in [0.5, 0.6) is 5.75 Å². The number of ether oxygens (including phenoxy) is 1. The van der Waals surface area contributed by atoms with E-state index in [0.29, 0.717) is 6.61 Å². The molecule has 1 amide bonds. The van der Waals surface area contributed by atoms with Crippen LogP contribution in [0.3, 0.4) is 0 Å². The average molecular weight is 344 g/mol. The van der Waals surface area contributed by atoms with Gasteiger partial charge in [0.05, 0.1) is 0 Å². The molecule has 0 saturated heterocycles. The third-order valence-corrected chi connectivity index (χ3v) is 3.70. The smallest absolute Gasteiger partial charge is 0.248 e. The molecule has 0 aliphatic rings. The second-order valence-corrected chi connectivity index (χ2v) is 5.86. The molecular formula is C22H20N2O2. The van der Waals surface area contributed by atoms with Gasteiger partial charge in [0, 0.05) is 23.7 Å². The van der Waals surface area contributed by atoms with Gasteiger partial charge in [0.1, 0.15) is 12.4 Å². The maximum absolute atomic E-state index is 12.0. The minimum Gasteiger partial charge on any atom is -0.489 e. The van der Waals surface area contributed by atoms with Crippen LogP contribution in [0.15, 0.2) is 79.0 Å². The molecule has 0 spiro atoms. The highest BCUT2D eigenvalue weighted by atomic mass is 16.5. The van der Waals surface area contributed by atoms with Crippen molar-refractivity contribution in [3.8, 4) is 5.75 Å². The molecule has 2 aromatic carbocycles. The third kappa shape index (κ3) is 5.31. The van der Waals surface area contributed by atoms with Gasteiger partial charge >= 0.3 is 0 Å². The summed E-state index contributed by atoms with van der Waals surface area (Å²) < 4.78 is 5.81. The number of aryl methyl sites for hydroxylation is 1. The predicted molar refractivity (Wildman–Crippen MR) is 104 cm³/mol. The number of hydrogen-bond donors (Lipinski definition) is 1. The number of pyridine rings is 1. The van der Waals surface area contributed by atoms with Gasteiger partial charge in [-0.05, 0) is 48.4 Å². The van der Waals surface area contributed by atoms with Crippen LogP contribution in [0.25, 0.3) is 6.08 Å². The van der Waals surface area contributed by atoms with Gasteiger partial charge in [0.2, 0.25) is 5.91 Å². The number of carbonyl (C=O) groups excluding carboxylic acids is 1. The molecule has 4 heteroatoms. The molecule has 0 fully saturated rings. The van der Waals surface area contributed by atoms with E-state index in [2.05, 4.69) is 10.3 Å². The summed E-state index contributed by atoms with van der Waals surface area (Å²) in [7, 11) is 0. The second kappa shape index (κ2) is 8.62. The highest BCUT2D eigenvalue weighted by molar-refractivity contribution is 6.01. The number of rotatable bonds is 6. The van der Waals surface area contributed by atoms with Gasteiger partial charge in [0.15, 0.2) is 0 Å². The van der Waals surface area contributed by atoms with Crippen LogP contribution in [-0.4, -0.2) is 10.9 Å². The van der Waals surface area contributed by atoms with E-state index < -0.39 is 0 Å². The number of nitrogens with one attached hydrogen (secondary N) is 1. The SMILES string of the molecule is Cc1cc(NC(=O)/C=C/c2cccc(OCc3ccccc3)c2)ccn1. The van der Waals surface area contributed by atoms with Gasteiger partial charge in [-0.15, -0.1) is 0 Å². The number of nitrogens with zero attached hydrogens (tertiary/aromatic N) is 1. The molecule has 3 rings (SSSR count). The van der Waals surface area contributed by atoms with E-state index in [0.717, 1.165) is 28.3 Å². The molecule has 0 aliphatic carbocycles. The van der Waals surface area contributed by atoms with Crippen molar-refractivity contribution in [3.63, 3.8) is 0 Å². The van der Waals surface area contributed by atoms with Crippen LogP contribution in [0.2, 0.25) is 0 Å². The normalized spacial score (nSPS) is 10.7. The van der Waals surface area contributed by atoms with Crippen molar-refractivity contribution >= 4 is 17.7 Å². The van der Waals surface area contributed by atoms with Gasteiger partial charge in [-0.3, -0.25) is 9.78 Å². The first-order valence-corrected chi connectivity index (χ1v) is 8.37. The minimum atomic E-state index is -0.189. The summed E-state index contributed by atoms with van der Waals surface area (Å²) in [5.41, 5.74) is 3.60. The summed E-state index contributed by atoms with van der Waals surface area (Å²) in [6.45, 7) is 2.39. The van der Waals surface area contributed by atoms with Crippen molar-refractivity contribution < 1.29 is 9.53 Å². The molecule has 0 unspecified atom stereocenters. The van der Waals surface area contributed by atoms with E-state index in [1.807, 2.05) is 67.6 Å². The first kappa shape index (κ1) is 17.4. The fourth-order valence-electron chi connectivity index (χ4n) is 2.43. The third-order valence-electron chi connectivity index (χ3n) is 3.70. The van der Waals surface area contributed by atoms with E-state index in [1.165, 1.54) is 6.08 Å². The Labute approximate surface area is 153 Å². The van der Waals surface area contributed by atoms with Crippen molar-refractivity contribution in [3.05, 3.63) is 95.8 Å². The van der Waals surface area contributed by atoms with Crippen molar-refractivity contribution in [2.24, 2.45) is 0 Å². The summed E-state index contributed by atoms with van der Waals surface area (Å²) in [5, 5.41) is 2.82. The van der Waals surface area contributed by atoms with Gasteiger partial charge in [-0.2, -0.15) is 0 Å². The van der Waals surface area contributed by atoms with Crippen LogP contribution in [0, 0.1) is 6.92 Å². The Balaban J connectivity index is 1.59. The number of carbonyl (C=O) groups is 1. The zero-order valence-electron chi connectivity index (χ0n) is 14.6. The predicted octanol–water partition coefficient (Wildman–Crippen LogP) is 4.62. The molecule has 130 valence electrons. The van der Waals surface area contributed by atoms with Crippen LogP contribution < -0.4 is 10.1 Å². The monoisotopic (exact) mass is 344 g/mol. The lowest BCUT2D eigenvalue weighted by atomic mass is 10.2. The lowest BCUT2D eigenvalue weighted by Gasteiger charge is -2.07. The zero-order valence-corrected chi connectivity index (χ0v) is 14.6. The Morgan fingerprint density at radius 2 is 1.92 bits per heavy atom. The average Bonchev–Trinajstić information content (AvgIpc) is 2.66. The van der Waals surface area contributed by atoms with Gasteiger partial charge < -0.3 is 10.1 Å². The number of hydrogen-bond acceptors (Lipinski definition) is 3. The quantitative estimate of drug-likeness (QED) is 0.664. The highest BCUT2D eigenvalue weighted by Gasteiger charge is 2.00. The summed E-state index contributed by atoms with van der Waals surface area (Å²) in [4.78, 5) is 16.1. The Morgan fingerprint density at radius 1 is 1.08 bits per heavy atom. The van der Waals surface area contributed by atoms with E-state index >= 15 is 0 Å². The maximum atomic E-state index is 12.0. The first-order chi connectivity index (χ1) is 12.7. The summed E-state index contributed by atoms with van der Waals surface area (Å²) in [6.07, 6.45) is 4.94. The summed E-state index contributed by atoms with van der Waals surface area (Å²) >= 11 is 0. The molecule has 0 radical (unpaired) electrons. The molecule has 1 aromatic heterocycles. The van der Waals surface area contributed by atoms with Crippen LogP contribution >= 0.6 is 0 Å². The minimum absolute atomic E-state index is 0.189.